The number of rotatable bonds is 1. The van der Waals surface area contributed by atoms with Crippen LogP contribution in [0.15, 0.2) is 42.5 Å². The number of benzene rings is 3. The summed E-state index contributed by atoms with van der Waals surface area (Å²) in [4.78, 5) is 32.2. The number of aromatic nitrogens is 2. The number of amides is 2. The number of nitrogens with one attached hydrogen (secondary N) is 3. The van der Waals surface area contributed by atoms with Crippen molar-refractivity contribution in [2.24, 2.45) is 0 Å². The molecule has 5 aromatic rings. The standard InChI is InChI=1S/C21H13N3O3/c1-27-12-8-4-6-10-14-16-15(20(25)24-21(16)26)13-9-5-2-3-7-11(9)22-18(13)19(14)23-17(10)12/h2-8,22-23H,1H3,(H,24,25,26). The number of para-hydroxylation sites is 2. The Hall–Kier alpha value is -3.80. The van der Waals surface area contributed by atoms with Crippen LogP contribution in [0, 0.1) is 0 Å². The molecule has 27 heavy (non-hydrogen) atoms. The Kier molecular flexibility index (Phi) is 2.49. The molecule has 0 bridgehead atoms. The maximum absolute atomic E-state index is 12.7. The van der Waals surface area contributed by atoms with Crippen molar-refractivity contribution in [1.29, 1.82) is 0 Å². The van der Waals surface area contributed by atoms with E-state index in [9.17, 15) is 9.59 Å². The molecule has 0 saturated heterocycles. The fourth-order valence-electron chi connectivity index (χ4n) is 4.33. The van der Waals surface area contributed by atoms with Gasteiger partial charge in [-0.05, 0) is 12.1 Å². The van der Waals surface area contributed by atoms with Crippen LogP contribution in [0.3, 0.4) is 0 Å². The Morgan fingerprint density at radius 1 is 0.741 bits per heavy atom. The summed E-state index contributed by atoms with van der Waals surface area (Å²) in [6.45, 7) is 0. The van der Waals surface area contributed by atoms with E-state index in [2.05, 4.69) is 15.3 Å². The van der Waals surface area contributed by atoms with Crippen molar-refractivity contribution in [2.45, 2.75) is 0 Å². The normalized spacial score (nSPS) is 13.8. The van der Waals surface area contributed by atoms with Gasteiger partial charge in [-0.3, -0.25) is 14.9 Å². The quantitative estimate of drug-likeness (QED) is 0.399. The molecule has 0 fully saturated rings. The highest BCUT2D eigenvalue weighted by Crippen LogP contribution is 2.43. The third kappa shape index (κ3) is 1.60. The van der Waals surface area contributed by atoms with E-state index in [1.54, 1.807) is 7.11 Å². The van der Waals surface area contributed by atoms with Gasteiger partial charge in [0.05, 0.1) is 34.8 Å². The summed E-state index contributed by atoms with van der Waals surface area (Å²) in [5.41, 5.74) is 4.18. The molecule has 0 saturated carbocycles. The minimum Gasteiger partial charge on any atom is -0.495 e. The molecular weight excluding hydrogens is 342 g/mol. The van der Waals surface area contributed by atoms with Crippen molar-refractivity contribution in [3.05, 3.63) is 53.6 Å². The highest BCUT2D eigenvalue weighted by atomic mass is 16.5. The van der Waals surface area contributed by atoms with E-state index >= 15 is 0 Å². The number of carbonyl (C=O) groups is 2. The second-order valence-corrected chi connectivity index (χ2v) is 6.71. The van der Waals surface area contributed by atoms with Crippen LogP contribution in [0.5, 0.6) is 5.75 Å². The minimum atomic E-state index is -0.365. The third-order valence-electron chi connectivity index (χ3n) is 5.40. The van der Waals surface area contributed by atoms with Gasteiger partial charge in [-0.1, -0.05) is 30.3 Å². The lowest BCUT2D eigenvalue weighted by atomic mass is 9.97. The molecule has 0 spiro atoms. The van der Waals surface area contributed by atoms with Gasteiger partial charge in [0.15, 0.2) is 0 Å². The second-order valence-electron chi connectivity index (χ2n) is 6.71. The summed E-state index contributed by atoms with van der Waals surface area (Å²) < 4.78 is 5.49. The Balaban J connectivity index is 1.99. The summed E-state index contributed by atoms with van der Waals surface area (Å²) in [6.07, 6.45) is 0. The summed E-state index contributed by atoms with van der Waals surface area (Å²) in [5.74, 6) is -0.0359. The van der Waals surface area contributed by atoms with E-state index < -0.39 is 0 Å². The Morgan fingerprint density at radius 2 is 1.41 bits per heavy atom. The van der Waals surface area contributed by atoms with E-state index in [0.717, 1.165) is 43.6 Å². The van der Waals surface area contributed by atoms with Crippen molar-refractivity contribution in [1.82, 2.24) is 15.3 Å². The van der Waals surface area contributed by atoms with E-state index in [0.29, 0.717) is 16.9 Å². The van der Waals surface area contributed by atoms with Crippen LogP contribution in [-0.4, -0.2) is 28.9 Å². The molecule has 0 atom stereocenters. The summed E-state index contributed by atoms with van der Waals surface area (Å²) in [6, 6.07) is 13.5. The van der Waals surface area contributed by atoms with Crippen LogP contribution in [0.25, 0.3) is 43.6 Å². The van der Waals surface area contributed by atoms with Gasteiger partial charge in [-0.15, -0.1) is 0 Å². The third-order valence-corrected chi connectivity index (χ3v) is 5.40. The zero-order chi connectivity index (χ0) is 18.3. The van der Waals surface area contributed by atoms with Crippen LogP contribution in [-0.2, 0) is 0 Å². The number of H-pyrrole nitrogens is 2. The Labute approximate surface area is 152 Å². The van der Waals surface area contributed by atoms with Gasteiger partial charge < -0.3 is 14.7 Å². The van der Waals surface area contributed by atoms with E-state index in [4.69, 9.17) is 4.74 Å². The molecule has 1 aliphatic heterocycles. The lowest BCUT2D eigenvalue weighted by Gasteiger charge is -2.03. The highest BCUT2D eigenvalue weighted by molar-refractivity contribution is 6.39. The van der Waals surface area contributed by atoms with Crippen molar-refractivity contribution in [3.63, 3.8) is 0 Å². The van der Waals surface area contributed by atoms with Crippen LogP contribution in [0.2, 0.25) is 0 Å². The molecule has 2 amide bonds. The number of hydrogen-bond donors (Lipinski definition) is 3. The van der Waals surface area contributed by atoms with Crippen LogP contribution < -0.4 is 10.1 Å². The van der Waals surface area contributed by atoms with E-state index in [-0.39, 0.29) is 11.8 Å². The maximum atomic E-state index is 12.7. The lowest BCUT2D eigenvalue weighted by molar-refractivity contribution is 0.0880. The summed E-state index contributed by atoms with van der Waals surface area (Å²) >= 11 is 0. The maximum Gasteiger partial charge on any atom is 0.259 e. The van der Waals surface area contributed by atoms with Crippen LogP contribution in [0.4, 0.5) is 0 Å². The molecule has 0 unspecified atom stereocenters. The fourth-order valence-corrected chi connectivity index (χ4v) is 4.33. The van der Waals surface area contributed by atoms with Gasteiger partial charge in [-0.2, -0.15) is 0 Å². The highest BCUT2D eigenvalue weighted by Gasteiger charge is 2.34. The molecule has 3 heterocycles. The predicted molar refractivity (Wildman–Crippen MR) is 104 cm³/mol. The first kappa shape index (κ1) is 14.4. The van der Waals surface area contributed by atoms with E-state index in [1.165, 1.54) is 0 Å². The summed E-state index contributed by atoms with van der Waals surface area (Å²) in [7, 11) is 1.61. The zero-order valence-electron chi connectivity index (χ0n) is 14.3. The molecule has 0 radical (unpaired) electrons. The van der Waals surface area contributed by atoms with Crippen molar-refractivity contribution >= 4 is 55.4 Å². The first-order valence-corrected chi connectivity index (χ1v) is 8.59. The number of methoxy groups -OCH3 is 1. The molecule has 6 rings (SSSR count). The minimum absolute atomic E-state index is 0.358. The lowest BCUT2D eigenvalue weighted by Crippen LogP contribution is -2.20. The van der Waals surface area contributed by atoms with Gasteiger partial charge in [-0.25, -0.2) is 0 Å². The van der Waals surface area contributed by atoms with Gasteiger partial charge in [0.25, 0.3) is 11.8 Å². The molecule has 6 heteroatoms. The number of hydrogen-bond acceptors (Lipinski definition) is 3. The molecule has 3 N–H and O–H groups in total. The second kappa shape index (κ2) is 4.67. The van der Waals surface area contributed by atoms with Crippen molar-refractivity contribution < 1.29 is 14.3 Å². The molecule has 130 valence electrons. The smallest absolute Gasteiger partial charge is 0.259 e. The van der Waals surface area contributed by atoms with Gasteiger partial charge in [0, 0.05) is 27.1 Å². The van der Waals surface area contributed by atoms with Crippen molar-refractivity contribution in [2.75, 3.05) is 7.11 Å². The molecular formula is C21H13N3O3. The van der Waals surface area contributed by atoms with Gasteiger partial charge in [0.1, 0.15) is 5.75 Å². The summed E-state index contributed by atoms with van der Waals surface area (Å²) in [5, 5.41) is 5.74. The number of imide groups is 1. The zero-order valence-corrected chi connectivity index (χ0v) is 14.3. The van der Waals surface area contributed by atoms with Crippen LogP contribution >= 0.6 is 0 Å². The SMILES string of the molecule is COc1cccc2c1[nH]c1c3[nH]c4ccccc4c3c3c(c21)C(=O)NC3=O. The Morgan fingerprint density at radius 3 is 2.19 bits per heavy atom. The van der Waals surface area contributed by atoms with Gasteiger partial charge >= 0.3 is 0 Å². The number of ether oxygens (including phenoxy) is 1. The molecule has 2 aromatic heterocycles. The monoisotopic (exact) mass is 355 g/mol. The largest absolute Gasteiger partial charge is 0.495 e. The predicted octanol–water partition coefficient (Wildman–Crippen LogP) is 3.85. The topological polar surface area (TPSA) is 87.0 Å². The Bertz CT molecular complexity index is 1470. The molecule has 3 aromatic carbocycles. The van der Waals surface area contributed by atoms with Crippen LogP contribution in [0.1, 0.15) is 20.7 Å². The molecule has 1 aliphatic rings. The number of carbonyl (C=O) groups excluding carboxylic acids is 2. The first-order valence-electron chi connectivity index (χ1n) is 8.59. The van der Waals surface area contributed by atoms with Crippen molar-refractivity contribution in [3.8, 4) is 5.75 Å². The average molecular weight is 355 g/mol. The van der Waals surface area contributed by atoms with E-state index in [1.807, 2.05) is 42.5 Å². The average Bonchev–Trinajstić information content (AvgIpc) is 3.32. The fraction of sp³-hybridized carbons (Fsp3) is 0.0476. The first-order chi connectivity index (χ1) is 13.2. The molecule has 6 nitrogen and oxygen atoms in total. The number of fused-ring (bicyclic) bond motifs is 10. The molecule has 0 aliphatic carbocycles. The van der Waals surface area contributed by atoms with Gasteiger partial charge in [0.2, 0.25) is 0 Å². The number of aromatic amines is 2.